The Hall–Kier alpha value is -2.58. The van der Waals surface area contributed by atoms with Crippen molar-refractivity contribution >= 4 is 17.5 Å². The molecule has 2 amide bonds. The summed E-state index contributed by atoms with van der Waals surface area (Å²) < 4.78 is 26.8. The second kappa shape index (κ2) is 6.55. The molecule has 0 saturated carbocycles. The molecule has 9 heteroatoms. The standard InChI is InChI=1S/C11H11F2N3O4/c1-14-9(17)2-3-15-11(18)7-4-6(12)5-8(10(7)13)16(19)20/h4-5H,2-3H2,1H3,(H,14,17)(H,15,18). The summed E-state index contributed by atoms with van der Waals surface area (Å²) in [6.45, 7) is -0.109. The van der Waals surface area contributed by atoms with Crippen LogP contribution in [-0.4, -0.2) is 30.3 Å². The number of carbonyl (C=O) groups excluding carboxylic acids is 2. The molecule has 0 fully saturated rings. The Bertz CT molecular complexity index is 563. The van der Waals surface area contributed by atoms with Crippen molar-refractivity contribution < 1.29 is 23.3 Å². The minimum absolute atomic E-state index is 0.0543. The van der Waals surface area contributed by atoms with Gasteiger partial charge in [-0.3, -0.25) is 19.7 Å². The molecule has 1 aromatic carbocycles. The van der Waals surface area contributed by atoms with E-state index in [0.29, 0.717) is 12.1 Å². The number of nitro groups is 1. The lowest BCUT2D eigenvalue weighted by atomic mass is 10.1. The van der Waals surface area contributed by atoms with Crippen molar-refractivity contribution in [2.24, 2.45) is 0 Å². The predicted molar refractivity (Wildman–Crippen MR) is 64.0 cm³/mol. The average molecular weight is 287 g/mol. The monoisotopic (exact) mass is 287 g/mol. The molecule has 7 nitrogen and oxygen atoms in total. The molecule has 0 heterocycles. The Balaban J connectivity index is 2.88. The third-order valence-electron chi connectivity index (χ3n) is 2.38. The van der Waals surface area contributed by atoms with Gasteiger partial charge in [0.15, 0.2) is 0 Å². The number of rotatable bonds is 5. The largest absolute Gasteiger partial charge is 0.359 e. The average Bonchev–Trinajstić information content (AvgIpc) is 2.40. The summed E-state index contributed by atoms with van der Waals surface area (Å²) >= 11 is 0. The summed E-state index contributed by atoms with van der Waals surface area (Å²) in [5, 5.41) is 15.0. The molecule has 0 spiro atoms. The lowest BCUT2D eigenvalue weighted by Gasteiger charge is -2.06. The van der Waals surface area contributed by atoms with Gasteiger partial charge < -0.3 is 10.6 Å². The van der Waals surface area contributed by atoms with E-state index in [1.165, 1.54) is 7.05 Å². The van der Waals surface area contributed by atoms with Gasteiger partial charge in [0, 0.05) is 20.0 Å². The normalized spacial score (nSPS) is 9.95. The van der Waals surface area contributed by atoms with Crippen LogP contribution in [-0.2, 0) is 4.79 Å². The predicted octanol–water partition coefficient (Wildman–Crippen LogP) is 0.739. The van der Waals surface area contributed by atoms with Crippen molar-refractivity contribution in [3.8, 4) is 0 Å². The van der Waals surface area contributed by atoms with Crippen LogP contribution in [0.4, 0.5) is 14.5 Å². The number of carbonyl (C=O) groups is 2. The highest BCUT2D eigenvalue weighted by atomic mass is 19.1. The number of amides is 2. The number of hydrogen-bond acceptors (Lipinski definition) is 4. The van der Waals surface area contributed by atoms with Gasteiger partial charge in [-0.05, 0) is 6.07 Å². The zero-order chi connectivity index (χ0) is 15.3. The van der Waals surface area contributed by atoms with E-state index < -0.39 is 33.7 Å². The quantitative estimate of drug-likeness (QED) is 0.616. The van der Waals surface area contributed by atoms with E-state index >= 15 is 0 Å². The van der Waals surface area contributed by atoms with E-state index in [0.717, 1.165) is 0 Å². The van der Waals surface area contributed by atoms with Crippen LogP contribution in [0.2, 0.25) is 0 Å². The summed E-state index contributed by atoms with van der Waals surface area (Å²) in [7, 11) is 1.40. The van der Waals surface area contributed by atoms with Crippen LogP contribution < -0.4 is 10.6 Å². The fourth-order valence-electron chi connectivity index (χ4n) is 1.38. The van der Waals surface area contributed by atoms with Crippen molar-refractivity contribution in [1.82, 2.24) is 10.6 Å². The lowest BCUT2D eigenvalue weighted by molar-refractivity contribution is -0.387. The molecular formula is C11H11F2N3O4. The maximum absolute atomic E-state index is 13.7. The minimum Gasteiger partial charge on any atom is -0.359 e. The fourth-order valence-corrected chi connectivity index (χ4v) is 1.38. The maximum atomic E-state index is 13.7. The van der Waals surface area contributed by atoms with Crippen LogP contribution in [0.3, 0.4) is 0 Å². The molecule has 0 saturated heterocycles. The Morgan fingerprint density at radius 1 is 1.35 bits per heavy atom. The summed E-state index contributed by atoms with van der Waals surface area (Å²) in [5.41, 5.74) is -1.91. The zero-order valence-electron chi connectivity index (χ0n) is 10.4. The first-order valence-electron chi connectivity index (χ1n) is 5.49. The molecule has 1 rings (SSSR count). The molecule has 0 radical (unpaired) electrons. The van der Waals surface area contributed by atoms with Crippen LogP contribution in [0.5, 0.6) is 0 Å². The Kier molecular flexibility index (Phi) is 5.07. The summed E-state index contributed by atoms with van der Waals surface area (Å²) in [6, 6.07) is 0.939. The van der Waals surface area contributed by atoms with E-state index in [4.69, 9.17) is 0 Å². The van der Waals surface area contributed by atoms with Crippen LogP contribution in [0.1, 0.15) is 16.8 Å². The first-order chi connectivity index (χ1) is 9.36. The number of halogens is 2. The molecule has 0 aliphatic rings. The van der Waals surface area contributed by atoms with Gasteiger partial charge in [0.2, 0.25) is 11.7 Å². The smallest absolute Gasteiger partial charge is 0.308 e. The summed E-state index contributed by atoms with van der Waals surface area (Å²) in [6.07, 6.45) is -0.0543. The van der Waals surface area contributed by atoms with Crippen LogP contribution in [0.15, 0.2) is 12.1 Å². The third kappa shape index (κ3) is 3.70. The third-order valence-corrected chi connectivity index (χ3v) is 2.38. The molecule has 20 heavy (non-hydrogen) atoms. The highest BCUT2D eigenvalue weighted by molar-refractivity contribution is 5.95. The second-order valence-electron chi connectivity index (χ2n) is 3.72. The number of nitro benzene ring substituents is 1. The SMILES string of the molecule is CNC(=O)CCNC(=O)c1cc(F)cc([N+](=O)[O-])c1F. The van der Waals surface area contributed by atoms with Crippen molar-refractivity contribution in [1.29, 1.82) is 0 Å². The molecule has 2 N–H and O–H groups in total. The van der Waals surface area contributed by atoms with E-state index in [9.17, 15) is 28.5 Å². The zero-order valence-corrected chi connectivity index (χ0v) is 10.4. The molecule has 0 bridgehead atoms. The summed E-state index contributed by atoms with van der Waals surface area (Å²) in [4.78, 5) is 31.9. The minimum atomic E-state index is -1.42. The van der Waals surface area contributed by atoms with E-state index in [1.54, 1.807) is 0 Å². The first-order valence-corrected chi connectivity index (χ1v) is 5.49. The number of hydrogen-bond donors (Lipinski definition) is 2. The Morgan fingerprint density at radius 3 is 2.55 bits per heavy atom. The first kappa shape index (κ1) is 15.5. The summed E-state index contributed by atoms with van der Waals surface area (Å²) in [5.74, 6) is -3.91. The molecule has 0 unspecified atom stereocenters. The number of nitrogens with zero attached hydrogens (tertiary/aromatic N) is 1. The van der Waals surface area contributed by atoms with Gasteiger partial charge in [0.25, 0.3) is 5.91 Å². The van der Waals surface area contributed by atoms with Crippen LogP contribution in [0, 0.1) is 21.7 Å². The van der Waals surface area contributed by atoms with Gasteiger partial charge in [-0.2, -0.15) is 4.39 Å². The van der Waals surface area contributed by atoms with Gasteiger partial charge >= 0.3 is 5.69 Å². The van der Waals surface area contributed by atoms with Gasteiger partial charge in [-0.1, -0.05) is 0 Å². The van der Waals surface area contributed by atoms with E-state index in [1.807, 2.05) is 0 Å². The Morgan fingerprint density at radius 2 is 2.00 bits per heavy atom. The number of nitrogens with one attached hydrogen (secondary N) is 2. The number of benzene rings is 1. The maximum Gasteiger partial charge on any atom is 0.308 e. The highest BCUT2D eigenvalue weighted by Crippen LogP contribution is 2.22. The topological polar surface area (TPSA) is 101 Å². The highest BCUT2D eigenvalue weighted by Gasteiger charge is 2.24. The van der Waals surface area contributed by atoms with Crippen molar-refractivity contribution in [3.63, 3.8) is 0 Å². The molecule has 0 aromatic heterocycles. The van der Waals surface area contributed by atoms with Gasteiger partial charge in [-0.25, -0.2) is 4.39 Å². The van der Waals surface area contributed by atoms with E-state index in [-0.39, 0.29) is 18.9 Å². The molecule has 108 valence electrons. The molecule has 0 aliphatic heterocycles. The van der Waals surface area contributed by atoms with Gasteiger partial charge in [0.1, 0.15) is 5.82 Å². The van der Waals surface area contributed by atoms with Crippen molar-refractivity contribution in [2.75, 3.05) is 13.6 Å². The molecule has 0 aliphatic carbocycles. The van der Waals surface area contributed by atoms with Crippen LogP contribution >= 0.6 is 0 Å². The van der Waals surface area contributed by atoms with Crippen LogP contribution in [0.25, 0.3) is 0 Å². The molecular weight excluding hydrogens is 276 g/mol. The van der Waals surface area contributed by atoms with Gasteiger partial charge in [-0.15, -0.1) is 0 Å². The Labute approximate surface area is 112 Å². The van der Waals surface area contributed by atoms with Gasteiger partial charge in [0.05, 0.1) is 16.6 Å². The fraction of sp³-hybridized carbons (Fsp3) is 0.273. The van der Waals surface area contributed by atoms with Crippen molar-refractivity contribution in [2.45, 2.75) is 6.42 Å². The second-order valence-corrected chi connectivity index (χ2v) is 3.72. The molecule has 0 atom stereocenters. The van der Waals surface area contributed by atoms with Crippen molar-refractivity contribution in [3.05, 3.63) is 39.4 Å². The molecule has 1 aromatic rings. The van der Waals surface area contributed by atoms with E-state index in [2.05, 4.69) is 10.6 Å². The lowest BCUT2D eigenvalue weighted by Crippen LogP contribution is -2.29.